The van der Waals surface area contributed by atoms with Crippen LogP contribution in [0.3, 0.4) is 0 Å². The molecule has 162 valence electrons. The molecule has 4 rings (SSSR count). The van der Waals surface area contributed by atoms with Crippen LogP contribution in [0.1, 0.15) is 36.0 Å². The molecule has 0 unspecified atom stereocenters. The largest absolute Gasteiger partial charge is 0.481 e. The zero-order valence-corrected chi connectivity index (χ0v) is 17.4. The molecule has 0 spiro atoms. The lowest BCUT2D eigenvalue weighted by atomic mass is 9.98. The number of carbonyl (C=O) groups excluding carboxylic acids is 1. The number of rotatable bonds is 6. The second-order valence-corrected chi connectivity index (χ2v) is 7.95. The van der Waals surface area contributed by atoms with Gasteiger partial charge in [0.25, 0.3) is 5.91 Å². The van der Waals surface area contributed by atoms with Crippen LogP contribution in [0.2, 0.25) is 5.02 Å². The first-order valence-electron chi connectivity index (χ1n) is 10.0. The minimum Gasteiger partial charge on any atom is -0.481 e. The number of nitrogens with zero attached hydrogens (tertiary/aromatic N) is 2. The van der Waals surface area contributed by atoms with Crippen LogP contribution in [0.25, 0.3) is 0 Å². The number of carbonyl (C=O) groups is 1. The number of piperidine rings is 1. The van der Waals surface area contributed by atoms with Crippen molar-refractivity contribution in [2.24, 2.45) is 0 Å². The van der Waals surface area contributed by atoms with E-state index < -0.39 is 11.6 Å². The number of halogens is 3. The van der Waals surface area contributed by atoms with E-state index in [4.69, 9.17) is 20.8 Å². The van der Waals surface area contributed by atoms with Gasteiger partial charge in [0, 0.05) is 30.6 Å². The predicted molar refractivity (Wildman–Crippen MR) is 111 cm³/mol. The molecule has 0 N–H and O–H groups in total. The molecule has 0 radical (unpaired) electrons. The molecular weight excluding hydrogens is 426 g/mol. The fraction of sp³-hybridized carbons (Fsp3) is 0.304. The highest BCUT2D eigenvalue weighted by atomic mass is 35.5. The van der Waals surface area contributed by atoms with Gasteiger partial charge in [0.15, 0.2) is 24.1 Å². The maximum Gasteiger partial charge on any atom is 0.260 e. The molecule has 0 bridgehead atoms. The molecule has 31 heavy (non-hydrogen) atoms. The van der Waals surface area contributed by atoms with Crippen LogP contribution in [0.15, 0.2) is 53.1 Å². The lowest BCUT2D eigenvalue weighted by molar-refractivity contribution is -0.134. The van der Waals surface area contributed by atoms with E-state index in [0.717, 1.165) is 36.3 Å². The molecule has 1 atom stereocenters. The van der Waals surface area contributed by atoms with Gasteiger partial charge in [-0.2, -0.15) is 0 Å². The molecule has 2 aromatic carbocycles. The Balaban J connectivity index is 1.34. The Morgan fingerprint density at radius 2 is 2.03 bits per heavy atom. The topological polar surface area (TPSA) is 55.6 Å². The first-order chi connectivity index (χ1) is 15.0. The quantitative estimate of drug-likeness (QED) is 0.535. The van der Waals surface area contributed by atoms with Crippen molar-refractivity contribution in [3.8, 4) is 5.75 Å². The number of ether oxygens (including phenoxy) is 1. The van der Waals surface area contributed by atoms with E-state index in [0.29, 0.717) is 30.4 Å². The minimum atomic E-state index is -0.836. The molecule has 1 aliphatic rings. The lowest BCUT2D eigenvalue weighted by Crippen LogP contribution is -2.41. The molecule has 1 fully saturated rings. The zero-order valence-electron chi connectivity index (χ0n) is 16.7. The molecule has 0 saturated carbocycles. The molecule has 1 saturated heterocycles. The summed E-state index contributed by atoms with van der Waals surface area (Å²) < 4.78 is 37.9. The van der Waals surface area contributed by atoms with E-state index in [9.17, 15) is 13.6 Å². The van der Waals surface area contributed by atoms with Crippen LogP contribution < -0.4 is 4.74 Å². The average Bonchev–Trinajstić information content (AvgIpc) is 3.23. The van der Waals surface area contributed by atoms with Crippen molar-refractivity contribution in [1.29, 1.82) is 0 Å². The first-order valence-corrected chi connectivity index (χ1v) is 10.4. The highest BCUT2D eigenvalue weighted by Gasteiger charge is 2.28. The molecule has 1 aromatic heterocycles. The van der Waals surface area contributed by atoms with Crippen molar-refractivity contribution < 1.29 is 22.7 Å². The fourth-order valence-electron chi connectivity index (χ4n) is 3.62. The summed E-state index contributed by atoms with van der Waals surface area (Å²) in [5, 5.41) is 0.681. The summed E-state index contributed by atoms with van der Waals surface area (Å²) in [4.78, 5) is 18.6. The molecule has 0 aliphatic carbocycles. The van der Waals surface area contributed by atoms with Gasteiger partial charge in [-0.25, -0.2) is 13.8 Å². The van der Waals surface area contributed by atoms with Crippen molar-refractivity contribution in [3.63, 3.8) is 0 Å². The number of aromatic nitrogens is 1. The Morgan fingerprint density at radius 1 is 1.23 bits per heavy atom. The van der Waals surface area contributed by atoms with E-state index in [1.165, 1.54) is 6.07 Å². The van der Waals surface area contributed by atoms with Crippen LogP contribution in [-0.2, 0) is 11.2 Å². The van der Waals surface area contributed by atoms with Gasteiger partial charge in [0.2, 0.25) is 0 Å². The summed E-state index contributed by atoms with van der Waals surface area (Å²) >= 11 is 5.92. The maximum atomic E-state index is 13.7. The zero-order chi connectivity index (χ0) is 21.8. The fourth-order valence-corrected chi connectivity index (χ4v) is 3.75. The smallest absolute Gasteiger partial charge is 0.260 e. The predicted octanol–water partition coefficient (Wildman–Crippen LogP) is 4.98. The van der Waals surface area contributed by atoms with E-state index in [2.05, 4.69) is 4.98 Å². The monoisotopic (exact) mass is 446 g/mol. The van der Waals surface area contributed by atoms with Crippen LogP contribution >= 0.6 is 11.6 Å². The van der Waals surface area contributed by atoms with E-state index in [1.807, 2.05) is 24.3 Å². The second kappa shape index (κ2) is 9.47. The Hall–Kier alpha value is -2.93. The minimum absolute atomic E-state index is 0.0146. The summed E-state index contributed by atoms with van der Waals surface area (Å²) in [5.74, 6) is -0.611. The third-order valence-corrected chi connectivity index (χ3v) is 5.48. The van der Waals surface area contributed by atoms with Crippen LogP contribution in [0.4, 0.5) is 8.78 Å². The molecule has 8 heteroatoms. The van der Waals surface area contributed by atoms with Crippen LogP contribution in [0.5, 0.6) is 5.75 Å². The van der Waals surface area contributed by atoms with Crippen molar-refractivity contribution in [1.82, 2.24) is 9.88 Å². The summed E-state index contributed by atoms with van der Waals surface area (Å²) in [6.07, 6.45) is 3.98. The molecule has 1 aliphatic heterocycles. The van der Waals surface area contributed by atoms with Gasteiger partial charge in [-0.05, 0) is 42.7 Å². The highest BCUT2D eigenvalue weighted by Crippen LogP contribution is 2.28. The standard InChI is InChI=1S/C23H21ClF2N2O3/c24-17-5-3-15(4-6-17)10-19-12-27-23(31-19)16-2-1-9-28(13-16)22(29)14-30-21-8-7-18(25)11-20(21)26/h3-8,11-12,16H,1-2,9-10,13-14H2/t16-/m0/s1. The highest BCUT2D eigenvalue weighted by molar-refractivity contribution is 6.30. The summed E-state index contributed by atoms with van der Waals surface area (Å²) in [6.45, 7) is 0.723. The van der Waals surface area contributed by atoms with Crippen molar-refractivity contribution in [2.45, 2.75) is 25.2 Å². The second-order valence-electron chi connectivity index (χ2n) is 7.51. The van der Waals surface area contributed by atoms with Crippen molar-refractivity contribution >= 4 is 17.5 Å². The number of benzene rings is 2. The number of amides is 1. The third kappa shape index (κ3) is 5.41. The number of oxazole rings is 1. The van der Waals surface area contributed by atoms with Gasteiger partial charge in [0.1, 0.15) is 11.6 Å². The molecule has 1 amide bonds. The number of hydrogen-bond donors (Lipinski definition) is 0. The summed E-state index contributed by atoms with van der Waals surface area (Å²) in [5.41, 5.74) is 1.07. The third-order valence-electron chi connectivity index (χ3n) is 5.23. The van der Waals surface area contributed by atoms with Gasteiger partial charge < -0.3 is 14.1 Å². The first kappa shape index (κ1) is 21.3. The average molecular weight is 447 g/mol. The van der Waals surface area contributed by atoms with Crippen molar-refractivity contribution in [3.05, 3.63) is 82.5 Å². The van der Waals surface area contributed by atoms with Crippen LogP contribution in [-0.4, -0.2) is 35.5 Å². The molecular formula is C23H21ClF2N2O3. The lowest BCUT2D eigenvalue weighted by Gasteiger charge is -2.31. The van der Waals surface area contributed by atoms with Crippen LogP contribution in [0, 0.1) is 11.6 Å². The summed E-state index contributed by atoms with van der Waals surface area (Å²) in [6, 6.07) is 10.5. The van der Waals surface area contributed by atoms with E-state index >= 15 is 0 Å². The van der Waals surface area contributed by atoms with Gasteiger partial charge in [0.05, 0.1) is 12.1 Å². The van der Waals surface area contributed by atoms with E-state index in [-0.39, 0.29) is 24.2 Å². The van der Waals surface area contributed by atoms with Gasteiger partial charge in [-0.15, -0.1) is 0 Å². The van der Waals surface area contributed by atoms with Gasteiger partial charge in [-0.1, -0.05) is 23.7 Å². The number of hydrogen-bond acceptors (Lipinski definition) is 4. The Kier molecular flexibility index (Phi) is 6.51. The normalized spacial score (nSPS) is 16.4. The van der Waals surface area contributed by atoms with E-state index in [1.54, 1.807) is 11.1 Å². The molecule has 5 nitrogen and oxygen atoms in total. The molecule has 2 heterocycles. The Morgan fingerprint density at radius 3 is 2.81 bits per heavy atom. The summed E-state index contributed by atoms with van der Waals surface area (Å²) in [7, 11) is 0. The van der Waals surface area contributed by atoms with Gasteiger partial charge in [-0.3, -0.25) is 4.79 Å². The Bertz CT molecular complexity index is 1060. The maximum absolute atomic E-state index is 13.7. The SMILES string of the molecule is O=C(COc1ccc(F)cc1F)N1CCC[C@H](c2ncc(Cc3ccc(Cl)cc3)o2)C1. The van der Waals surface area contributed by atoms with Crippen molar-refractivity contribution in [2.75, 3.05) is 19.7 Å². The molecule has 3 aromatic rings. The Labute approximate surface area is 183 Å². The van der Waals surface area contributed by atoms with Gasteiger partial charge >= 0.3 is 0 Å². The number of likely N-dealkylation sites (tertiary alicyclic amines) is 1.